The molecule has 3 rings (SSSR count). The first-order valence-corrected chi connectivity index (χ1v) is 7.52. The highest BCUT2D eigenvalue weighted by atomic mass is 35.5. The molecule has 0 radical (unpaired) electrons. The van der Waals surface area contributed by atoms with Gasteiger partial charge in [0.05, 0.1) is 5.69 Å². The Morgan fingerprint density at radius 1 is 1.16 bits per heavy atom. The predicted molar refractivity (Wildman–Crippen MR) is 73.8 cm³/mol. The van der Waals surface area contributed by atoms with Crippen LogP contribution in [-0.4, -0.2) is 15.6 Å². The summed E-state index contributed by atoms with van der Waals surface area (Å²) in [7, 11) is 0. The molecule has 4 heteroatoms. The molecule has 0 aromatic carbocycles. The number of hydrogen-bond acceptors (Lipinski definition) is 2. The molecule has 2 aliphatic rings. The molecular weight excluding hydrogens is 262 g/mol. The first-order chi connectivity index (χ1) is 9.18. The Hall–Kier alpha value is -1.09. The highest BCUT2D eigenvalue weighted by Crippen LogP contribution is 2.38. The Bertz CT molecular complexity index is 526. The molecule has 0 N–H and O–H groups in total. The summed E-state index contributed by atoms with van der Waals surface area (Å²) >= 11 is 5.44. The standard InChI is InChI=1S/C15H18ClNO2/c16-15(19)14(18)13-12(10-5-1-2-6-10)9-11-7-3-4-8-17(11)13/h9-10H,1-8H2. The zero-order valence-electron chi connectivity index (χ0n) is 11.0. The molecule has 0 amide bonds. The fourth-order valence-corrected chi connectivity index (χ4v) is 3.65. The summed E-state index contributed by atoms with van der Waals surface area (Å²) in [4.78, 5) is 23.5. The number of carbonyl (C=O) groups is 2. The monoisotopic (exact) mass is 279 g/mol. The van der Waals surface area contributed by atoms with Crippen molar-refractivity contribution in [3.8, 4) is 0 Å². The first kappa shape index (κ1) is 12.9. The molecule has 0 unspecified atom stereocenters. The Kier molecular flexibility index (Phi) is 3.48. The van der Waals surface area contributed by atoms with E-state index in [1.807, 2.05) is 4.57 Å². The summed E-state index contributed by atoms with van der Waals surface area (Å²) < 4.78 is 2.04. The van der Waals surface area contributed by atoms with Crippen molar-refractivity contribution in [1.29, 1.82) is 0 Å². The van der Waals surface area contributed by atoms with Gasteiger partial charge in [-0.05, 0) is 61.3 Å². The zero-order chi connectivity index (χ0) is 13.4. The van der Waals surface area contributed by atoms with Crippen LogP contribution in [0.5, 0.6) is 0 Å². The van der Waals surface area contributed by atoms with Gasteiger partial charge in [0.2, 0.25) is 0 Å². The van der Waals surface area contributed by atoms with Crippen molar-refractivity contribution in [2.24, 2.45) is 0 Å². The van der Waals surface area contributed by atoms with Crippen LogP contribution in [0.4, 0.5) is 0 Å². The second kappa shape index (κ2) is 5.12. The topological polar surface area (TPSA) is 39.1 Å². The van der Waals surface area contributed by atoms with Crippen molar-refractivity contribution >= 4 is 22.6 Å². The van der Waals surface area contributed by atoms with E-state index < -0.39 is 11.0 Å². The average Bonchev–Trinajstić information content (AvgIpc) is 3.04. The van der Waals surface area contributed by atoms with Crippen LogP contribution in [0.3, 0.4) is 0 Å². The fraction of sp³-hybridized carbons (Fsp3) is 0.600. The summed E-state index contributed by atoms with van der Waals surface area (Å²) in [6.45, 7) is 0.841. The SMILES string of the molecule is O=C(Cl)C(=O)c1c(C2CCCC2)cc2n1CCCC2. The zero-order valence-corrected chi connectivity index (χ0v) is 11.7. The molecule has 0 saturated heterocycles. The van der Waals surface area contributed by atoms with E-state index >= 15 is 0 Å². The van der Waals surface area contributed by atoms with Crippen LogP contribution >= 0.6 is 11.6 Å². The van der Waals surface area contributed by atoms with Crippen molar-refractivity contribution in [2.45, 2.75) is 57.4 Å². The molecule has 0 spiro atoms. The molecule has 0 bridgehead atoms. The van der Waals surface area contributed by atoms with Crippen LogP contribution in [0.1, 0.15) is 66.2 Å². The third-order valence-electron chi connectivity index (χ3n) is 4.47. The normalized spacial score (nSPS) is 19.4. The molecular formula is C15H18ClNO2. The quantitative estimate of drug-likeness (QED) is 0.483. The van der Waals surface area contributed by atoms with E-state index in [4.69, 9.17) is 11.6 Å². The highest BCUT2D eigenvalue weighted by Gasteiger charge is 2.30. The number of aromatic nitrogens is 1. The maximum atomic E-state index is 12.2. The van der Waals surface area contributed by atoms with Gasteiger partial charge in [-0.1, -0.05) is 12.8 Å². The lowest BCUT2D eigenvalue weighted by Crippen LogP contribution is -2.20. The number of halogens is 1. The molecule has 2 heterocycles. The van der Waals surface area contributed by atoms with Gasteiger partial charge in [-0.3, -0.25) is 9.59 Å². The van der Waals surface area contributed by atoms with Crippen LogP contribution in [0.25, 0.3) is 0 Å². The molecule has 1 saturated carbocycles. The predicted octanol–water partition coefficient (Wildman–Crippen LogP) is 3.43. The van der Waals surface area contributed by atoms with Gasteiger partial charge >= 0.3 is 0 Å². The molecule has 1 aromatic heterocycles. The van der Waals surface area contributed by atoms with Crippen LogP contribution < -0.4 is 0 Å². The highest BCUT2D eigenvalue weighted by molar-refractivity contribution is 6.83. The van der Waals surface area contributed by atoms with E-state index in [0.29, 0.717) is 11.6 Å². The maximum Gasteiger partial charge on any atom is 0.294 e. The number of rotatable bonds is 3. The van der Waals surface area contributed by atoms with Crippen LogP contribution in [-0.2, 0) is 17.8 Å². The molecule has 0 atom stereocenters. The lowest BCUT2D eigenvalue weighted by atomic mass is 9.96. The van der Waals surface area contributed by atoms with Crippen LogP contribution in [0.15, 0.2) is 6.07 Å². The number of fused-ring (bicyclic) bond motifs is 1. The van der Waals surface area contributed by atoms with Crippen molar-refractivity contribution in [3.05, 3.63) is 23.0 Å². The number of nitrogens with zero attached hydrogens (tertiary/aromatic N) is 1. The van der Waals surface area contributed by atoms with Crippen molar-refractivity contribution in [3.63, 3.8) is 0 Å². The van der Waals surface area contributed by atoms with Gasteiger partial charge in [-0.15, -0.1) is 0 Å². The molecule has 1 aliphatic heterocycles. The van der Waals surface area contributed by atoms with Crippen LogP contribution in [0.2, 0.25) is 0 Å². The number of aryl methyl sites for hydroxylation is 1. The minimum atomic E-state index is -0.856. The largest absolute Gasteiger partial charge is 0.342 e. The van der Waals surface area contributed by atoms with Gasteiger partial charge in [-0.2, -0.15) is 0 Å². The lowest BCUT2D eigenvalue weighted by molar-refractivity contribution is -0.108. The van der Waals surface area contributed by atoms with Crippen molar-refractivity contribution < 1.29 is 9.59 Å². The fourth-order valence-electron chi connectivity index (χ4n) is 3.56. The van der Waals surface area contributed by atoms with E-state index in [1.165, 1.54) is 18.5 Å². The third kappa shape index (κ3) is 2.25. The van der Waals surface area contributed by atoms with Crippen molar-refractivity contribution in [2.75, 3.05) is 0 Å². The maximum absolute atomic E-state index is 12.2. The first-order valence-electron chi connectivity index (χ1n) is 7.15. The number of carbonyl (C=O) groups excluding carboxylic acids is 2. The molecule has 1 aromatic rings. The second-order valence-corrected chi connectivity index (χ2v) is 5.98. The smallest absolute Gasteiger partial charge is 0.294 e. The number of hydrogen-bond donors (Lipinski definition) is 0. The minimum Gasteiger partial charge on any atom is -0.342 e. The molecule has 102 valence electrons. The van der Waals surface area contributed by atoms with E-state index in [-0.39, 0.29) is 0 Å². The van der Waals surface area contributed by atoms with Crippen LogP contribution in [0, 0.1) is 0 Å². The van der Waals surface area contributed by atoms with Gasteiger partial charge in [0, 0.05) is 12.2 Å². The summed E-state index contributed by atoms with van der Waals surface area (Å²) in [5.74, 6) is -0.0789. The lowest BCUT2D eigenvalue weighted by Gasteiger charge is -2.17. The van der Waals surface area contributed by atoms with Gasteiger partial charge in [0.1, 0.15) is 0 Å². The van der Waals surface area contributed by atoms with Gasteiger partial charge in [-0.25, -0.2) is 0 Å². The molecule has 3 nitrogen and oxygen atoms in total. The Labute approximate surface area is 117 Å². The van der Waals surface area contributed by atoms with Crippen molar-refractivity contribution in [1.82, 2.24) is 4.57 Å². The van der Waals surface area contributed by atoms with E-state index in [9.17, 15) is 9.59 Å². The number of Topliss-reactive ketones (excluding diaryl/α,β-unsaturated/α-hetero) is 1. The van der Waals surface area contributed by atoms with E-state index in [2.05, 4.69) is 6.07 Å². The summed E-state index contributed by atoms with van der Waals surface area (Å²) in [5.41, 5.74) is 2.87. The van der Waals surface area contributed by atoms with Gasteiger partial charge in [0.15, 0.2) is 0 Å². The third-order valence-corrected chi connectivity index (χ3v) is 4.64. The molecule has 19 heavy (non-hydrogen) atoms. The Morgan fingerprint density at radius 2 is 1.89 bits per heavy atom. The minimum absolute atomic E-state index is 0.438. The van der Waals surface area contributed by atoms with Gasteiger partial charge in [0.25, 0.3) is 11.0 Å². The number of ketones is 1. The molecule has 1 fully saturated rings. The second-order valence-electron chi connectivity index (χ2n) is 5.63. The average molecular weight is 280 g/mol. The van der Waals surface area contributed by atoms with E-state index in [0.717, 1.165) is 44.2 Å². The molecule has 1 aliphatic carbocycles. The van der Waals surface area contributed by atoms with E-state index in [1.54, 1.807) is 0 Å². The summed E-state index contributed by atoms with van der Waals surface area (Å²) in [5, 5.41) is -0.856. The van der Waals surface area contributed by atoms with Gasteiger partial charge < -0.3 is 4.57 Å². The Balaban J connectivity index is 2.08. The Morgan fingerprint density at radius 3 is 2.58 bits per heavy atom. The summed E-state index contributed by atoms with van der Waals surface area (Å²) in [6.07, 6.45) is 7.92. The summed E-state index contributed by atoms with van der Waals surface area (Å²) in [6, 6.07) is 2.15.